The largest absolute Gasteiger partial charge is 0.378 e. The average Bonchev–Trinajstić information content (AvgIpc) is 3.47. The minimum absolute atomic E-state index is 0.155. The second-order valence-corrected chi connectivity index (χ2v) is 8.43. The maximum atomic E-state index is 12.6. The van der Waals surface area contributed by atoms with Crippen LogP contribution >= 0.6 is 0 Å². The molecule has 1 N–H and O–H groups in total. The lowest BCUT2D eigenvalue weighted by Gasteiger charge is -2.46. The summed E-state index contributed by atoms with van der Waals surface area (Å²) in [6.07, 6.45) is 12.1. The van der Waals surface area contributed by atoms with E-state index in [9.17, 15) is 4.79 Å². The van der Waals surface area contributed by atoms with Gasteiger partial charge >= 0.3 is 0 Å². The lowest BCUT2D eigenvalue weighted by atomic mass is 9.80. The van der Waals surface area contributed by atoms with Crippen LogP contribution in [0.4, 0.5) is 5.69 Å². The van der Waals surface area contributed by atoms with Crippen LogP contribution in [0.1, 0.15) is 65.5 Å². The molecule has 1 aromatic carbocycles. The zero-order chi connectivity index (χ0) is 20.3. The molecule has 3 atom stereocenters. The van der Waals surface area contributed by atoms with Gasteiger partial charge in [0.15, 0.2) is 0 Å². The molecule has 2 unspecified atom stereocenters. The van der Waals surface area contributed by atoms with Crippen LogP contribution in [0.5, 0.6) is 0 Å². The molecule has 1 aliphatic heterocycles. The highest BCUT2D eigenvalue weighted by Crippen LogP contribution is 2.49. The summed E-state index contributed by atoms with van der Waals surface area (Å²) in [5, 5.41) is 3.82. The van der Waals surface area contributed by atoms with E-state index in [1.165, 1.54) is 24.0 Å². The van der Waals surface area contributed by atoms with Crippen molar-refractivity contribution in [2.75, 3.05) is 4.90 Å². The number of hydrogen-bond acceptors (Lipinski definition) is 2. The summed E-state index contributed by atoms with van der Waals surface area (Å²) < 4.78 is 0. The predicted molar refractivity (Wildman–Crippen MR) is 118 cm³/mol. The fourth-order valence-electron chi connectivity index (χ4n) is 4.43. The Morgan fingerprint density at radius 2 is 1.93 bits per heavy atom. The molecule has 0 aromatic heterocycles. The first kappa shape index (κ1) is 20.4. The molecule has 0 saturated heterocycles. The van der Waals surface area contributed by atoms with Gasteiger partial charge in [-0.2, -0.15) is 0 Å². The smallest absolute Gasteiger partial charge is 0.224 e. The fraction of sp³-hybridized carbons (Fsp3) is 0.480. The van der Waals surface area contributed by atoms with Crippen LogP contribution in [0, 0.1) is 11.8 Å². The van der Waals surface area contributed by atoms with Crippen molar-refractivity contribution < 1.29 is 4.79 Å². The second kappa shape index (κ2) is 8.81. The zero-order valence-electron chi connectivity index (χ0n) is 17.9. The molecule has 150 valence electrons. The van der Waals surface area contributed by atoms with Crippen molar-refractivity contribution in [3.8, 4) is 0 Å². The Balaban J connectivity index is 1.97. The van der Waals surface area contributed by atoms with Crippen LogP contribution in [0.2, 0.25) is 0 Å². The molecule has 0 bridgehead atoms. The normalized spacial score (nSPS) is 24.8. The number of fused-ring (bicyclic) bond motifs is 1. The summed E-state index contributed by atoms with van der Waals surface area (Å²) in [6, 6.07) is 8.88. The monoisotopic (exact) mass is 378 g/mol. The summed E-state index contributed by atoms with van der Waals surface area (Å²) in [5.41, 5.74) is 4.73. The maximum Gasteiger partial charge on any atom is 0.224 e. The van der Waals surface area contributed by atoms with Gasteiger partial charge in [-0.1, -0.05) is 55.8 Å². The number of nitrogens with zero attached hydrogens (tertiary/aromatic N) is 1. The summed E-state index contributed by atoms with van der Waals surface area (Å²) in [4.78, 5) is 14.6. The van der Waals surface area contributed by atoms with Crippen LogP contribution in [0.15, 0.2) is 59.8 Å². The minimum atomic E-state index is 0.155. The highest BCUT2D eigenvalue weighted by molar-refractivity contribution is 5.94. The Labute approximate surface area is 170 Å². The molecule has 3 nitrogen and oxygen atoms in total. The lowest BCUT2D eigenvalue weighted by Crippen LogP contribution is -2.52. The van der Waals surface area contributed by atoms with E-state index in [-0.39, 0.29) is 18.0 Å². The highest BCUT2D eigenvalue weighted by atomic mass is 16.2. The minimum Gasteiger partial charge on any atom is -0.378 e. The van der Waals surface area contributed by atoms with Crippen molar-refractivity contribution in [2.45, 2.75) is 66.0 Å². The molecular weight excluding hydrogens is 344 g/mol. The van der Waals surface area contributed by atoms with Gasteiger partial charge in [0.05, 0.1) is 6.04 Å². The van der Waals surface area contributed by atoms with E-state index in [1.54, 1.807) is 6.92 Å². The van der Waals surface area contributed by atoms with Crippen molar-refractivity contribution in [3.63, 3.8) is 0 Å². The van der Waals surface area contributed by atoms with Crippen molar-refractivity contribution in [1.29, 1.82) is 0 Å². The number of allylic oxidation sites excluding steroid dienone is 5. The third-order valence-corrected chi connectivity index (χ3v) is 5.79. The Bertz CT molecular complexity index is 797. The van der Waals surface area contributed by atoms with E-state index in [4.69, 9.17) is 0 Å². The number of amides is 1. The molecule has 2 aliphatic rings. The van der Waals surface area contributed by atoms with Gasteiger partial charge in [0, 0.05) is 30.3 Å². The molecular formula is C25H34N2O. The molecule has 3 heteroatoms. The Morgan fingerprint density at radius 1 is 1.21 bits per heavy atom. The number of carbonyl (C=O) groups is 1. The highest BCUT2D eigenvalue weighted by Gasteiger charge is 2.47. The van der Waals surface area contributed by atoms with Gasteiger partial charge in [0.1, 0.15) is 0 Å². The van der Waals surface area contributed by atoms with E-state index in [1.807, 2.05) is 6.07 Å². The van der Waals surface area contributed by atoms with Crippen LogP contribution in [-0.4, -0.2) is 11.9 Å². The van der Waals surface area contributed by atoms with Gasteiger partial charge in [-0.15, -0.1) is 0 Å². The van der Waals surface area contributed by atoms with E-state index in [0.29, 0.717) is 11.8 Å². The van der Waals surface area contributed by atoms with E-state index >= 15 is 0 Å². The number of anilines is 1. The number of para-hydroxylation sites is 1. The number of nitrogens with one attached hydrogen (secondary N) is 1. The number of rotatable bonds is 6. The topological polar surface area (TPSA) is 32.3 Å². The van der Waals surface area contributed by atoms with Gasteiger partial charge in [0.25, 0.3) is 0 Å². The quantitative estimate of drug-likeness (QED) is 0.624. The number of hydrogen-bond donors (Lipinski definition) is 1. The van der Waals surface area contributed by atoms with Gasteiger partial charge in [-0.3, -0.25) is 4.79 Å². The van der Waals surface area contributed by atoms with Gasteiger partial charge in [-0.05, 0) is 56.7 Å². The van der Waals surface area contributed by atoms with Crippen LogP contribution in [0.3, 0.4) is 0 Å². The average molecular weight is 379 g/mol. The number of carbonyl (C=O) groups excluding carboxylic acids is 1. The third kappa shape index (κ3) is 4.40. The van der Waals surface area contributed by atoms with Crippen molar-refractivity contribution >= 4 is 11.6 Å². The maximum absolute atomic E-state index is 12.6. The van der Waals surface area contributed by atoms with Crippen molar-refractivity contribution in [2.24, 2.45) is 11.8 Å². The van der Waals surface area contributed by atoms with E-state index in [0.717, 1.165) is 17.8 Å². The molecule has 1 aliphatic carbocycles. The second-order valence-electron chi connectivity index (χ2n) is 8.43. The SMILES string of the molecule is CC/C=C(/C=C\C=C(C)C)NC1c2ccccc2N(C(C)=O)C(C2CC2)[C@H]1C. The van der Waals surface area contributed by atoms with Crippen LogP contribution < -0.4 is 10.2 Å². The first-order chi connectivity index (χ1) is 13.4. The molecule has 1 heterocycles. The van der Waals surface area contributed by atoms with Crippen LogP contribution in [0.25, 0.3) is 0 Å². The van der Waals surface area contributed by atoms with E-state index < -0.39 is 0 Å². The Kier molecular flexibility index (Phi) is 6.43. The molecule has 1 fully saturated rings. The molecule has 0 spiro atoms. The van der Waals surface area contributed by atoms with Gasteiger partial charge in [-0.25, -0.2) is 0 Å². The molecule has 1 amide bonds. The lowest BCUT2D eigenvalue weighted by molar-refractivity contribution is -0.117. The van der Waals surface area contributed by atoms with Gasteiger partial charge in [0.2, 0.25) is 5.91 Å². The summed E-state index contributed by atoms with van der Waals surface area (Å²) in [5.74, 6) is 1.13. The first-order valence-electron chi connectivity index (χ1n) is 10.6. The standard InChI is InChI=1S/C25H34N2O/c1-6-10-21(12-9-11-17(2)3)26-24-18(4)25(20-15-16-20)27(19(5)28)23-14-8-7-13-22(23)24/h7-14,18,20,24-26H,6,15-16H2,1-5H3/b12-9-,21-10-/t18-,24?,25?/m0/s1. The predicted octanol–water partition coefficient (Wildman–Crippen LogP) is 5.91. The first-order valence-corrected chi connectivity index (χ1v) is 10.6. The third-order valence-electron chi connectivity index (χ3n) is 5.79. The molecule has 3 rings (SSSR count). The molecule has 1 aromatic rings. The zero-order valence-corrected chi connectivity index (χ0v) is 17.9. The summed E-state index contributed by atoms with van der Waals surface area (Å²) >= 11 is 0. The van der Waals surface area contributed by atoms with E-state index in [2.05, 4.69) is 80.4 Å². The summed E-state index contributed by atoms with van der Waals surface area (Å²) in [6.45, 7) is 10.4. The summed E-state index contributed by atoms with van der Waals surface area (Å²) in [7, 11) is 0. The number of benzene rings is 1. The Morgan fingerprint density at radius 3 is 2.54 bits per heavy atom. The van der Waals surface area contributed by atoms with Crippen LogP contribution in [-0.2, 0) is 4.79 Å². The van der Waals surface area contributed by atoms with Crippen molar-refractivity contribution in [1.82, 2.24) is 5.32 Å². The molecule has 0 radical (unpaired) electrons. The molecule has 1 saturated carbocycles. The van der Waals surface area contributed by atoms with Crippen molar-refractivity contribution in [3.05, 3.63) is 65.4 Å². The fourth-order valence-corrected chi connectivity index (χ4v) is 4.43. The molecule has 28 heavy (non-hydrogen) atoms. The van der Waals surface area contributed by atoms with Gasteiger partial charge < -0.3 is 10.2 Å². The Hall–Kier alpha value is -2.29.